The lowest BCUT2D eigenvalue weighted by Crippen LogP contribution is -2.33. The minimum absolute atomic E-state index is 0.192. The summed E-state index contributed by atoms with van der Waals surface area (Å²) in [5, 5.41) is 6.43. The average molecular weight is 513 g/mol. The maximum Gasteiger partial charge on any atom is 0.270 e. The van der Waals surface area contributed by atoms with Gasteiger partial charge in [-0.15, -0.1) is 0 Å². The van der Waals surface area contributed by atoms with Gasteiger partial charge in [-0.3, -0.25) is 9.78 Å². The first-order chi connectivity index (χ1) is 18.4. The van der Waals surface area contributed by atoms with Crippen LogP contribution >= 0.6 is 0 Å². The van der Waals surface area contributed by atoms with Crippen molar-refractivity contribution >= 4 is 28.6 Å². The molecule has 1 amide bonds. The fourth-order valence-electron chi connectivity index (χ4n) is 4.98. The molecule has 0 saturated carbocycles. The molecule has 0 radical (unpaired) electrons. The Morgan fingerprint density at radius 1 is 1.05 bits per heavy atom. The van der Waals surface area contributed by atoms with E-state index >= 15 is 0 Å². The zero-order chi connectivity index (χ0) is 26.6. The molecule has 38 heavy (non-hydrogen) atoms. The van der Waals surface area contributed by atoms with Crippen LogP contribution in [0.1, 0.15) is 54.2 Å². The summed E-state index contributed by atoms with van der Waals surface area (Å²) in [7, 11) is 1.99. The number of nitrogens with zero attached hydrogens (tertiary/aromatic N) is 4. The Morgan fingerprint density at radius 2 is 1.84 bits per heavy atom. The van der Waals surface area contributed by atoms with Crippen LogP contribution in [0.3, 0.4) is 0 Å². The summed E-state index contributed by atoms with van der Waals surface area (Å²) in [6.07, 6.45) is 4.07. The van der Waals surface area contributed by atoms with Gasteiger partial charge in [-0.05, 0) is 80.2 Å². The number of aromatic nitrogens is 3. The molecule has 3 heterocycles. The molecule has 0 atom stereocenters. The van der Waals surface area contributed by atoms with Gasteiger partial charge in [-0.2, -0.15) is 0 Å². The van der Waals surface area contributed by atoms with E-state index in [-0.39, 0.29) is 5.91 Å². The maximum absolute atomic E-state index is 12.6. The average Bonchev–Trinajstić information content (AvgIpc) is 3.53. The van der Waals surface area contributed by atoms with Gasteiger partial charge in [0.15, 0.2) is 0 Å². The maximum atomic E-state index is 12.6. The van der Waals surface area contributed by atoms with Gasteiger partial charge in [0.2, 0.25) is 5.95 Å². The molecule has 1 aliphatic rings. The molecule has 8 nitrogen and oxygen atoms in total. The van der Waals surface area contributed by atoms with Gasteiger partial charge in [0.25, 0.3) is 5.91 Å². The second kappa shape index (κ2) is 11.2. The molecular weight excluding hydrogens is 476 g/mol. The van der Waals surface area contributed by atoms with Crippen LogP contribution in [0, 0.1) is 6.92 Å². The first-order valence-electron chi connectivity index (χ1n) is 13.4. The van der Waals surface area contributed by atoms with Crippen molar-refractivity contribution in [2.45, 2.75) is 39.5 Å². The quantitative estimate of drug-likeness (QED) is 0.297. The molecule has 1 aliphatic heterocycles. The fourth-order valence-corrected chi connectivity index (χ4v) is 4.98. The third-order valence-electron chi connectivity index (χ3n) is 7.12. The second-order valence-corrected chi connectivity index (χ2v) is 10.3. The second-order valence-electron chi connectivity index (χ2n) is 10.3. The summed E-state index contributed by atoms with van der Waals surface area (Å²) in [5.74, 6) is 2.21. The lowest BCUT2D eigenvalue weighted by Gasteiger charge is -2.14. The zero-order valence-electron chi connectivity index (χ0n) is 22.6. The molecule has 0 unspecified atom stereocenters. The van der Waals surface area contributed by atoms with Crippen LogP contribution in [0.15, 0.2) is 54.7 Å². The van der Waals surface area contributed by atoms with Crippen LogP contribution in [0.2, 0.25) is 0 Å². The van der Waals surface area contributed by atoms with Gasteiger partial charge >= 0.3 is 0 Å². The minimum Gasteiger partial charge on any atom is -0.457 e. The highest BCUT2D eigenvalue weighted by Crippen LogP contribution is 2.29. The highest BCUT2D eigenvalue weighted by molar-refractivity contribution is 5.92. The number of pyridine rings is 1. The topological polar surface area (TPSA) is 84.3 Å². The molecule has 0 spiro atoms. The van der Waals surface area contributed by atoms with Crippen LogP contribution in [-0.2, 0) is 7.05 Å². The van der Waals surface area contributed by atoms with E-state index in [0.29, 0.717) is 29.7 Å². The van der Waals surface area contributed by atoms with Crippen LogP contribution in [0.4, 0.5) is 11.6 Å². The van der Waals surface area contributed by atoms with E-state index < -0.39 is 0 Å². The zero-order valence-corrected chi connectivity index (χ0v) is 22.6. The largest absolute Gasteiger partial charge is 0.457 e. The molecule has 2 aromatic heterocycles. The molecule has 8 heteroatoms. The number of benzene rings is 2. The number of anilines is 2. The number of nitrogens with one attached hydrogen (secondary N) is 2. The van der Waals surface area contributed by atoms with Crippen molar-refractivity contribution in [3.63, 3.8) is 0 Å². The number of ether oxygens (including phenoxy) is 1. The smallest absolute Gasteiger partial charge is 0.270 e. The molecule has 4 aromatic rings. The number of aryl methyl sites for hydroxylation is 2. The molecule has 198 valence electrons. The molecule has 5 rings (SSSR count). The molecule has 2 aromatic carbocycles. The van der Waals surface area contributed by atoms with Crippen molar-refractivity contribution in [2.24, 2.45) is 7.05 Å². The normalized spacial score (nSPS) is 13.8. The van der Waals surface area contributed by atoms with Crippen molar-refractivity contribution in [3.05, 3.63) is 71.5 Å². The molecule has 1 fully saturated rings. The van der Waals surface area contributed by atoms with Crippen molar-refractivity contribution in [2.75, 3.05) is 31.5 Å². The van der Waals surface area contributed by atoms with E-state index in [2.05, 4.69) is 59.5 Å². The summed E-state index contributed by atoms with van der Waals surface area (Å²) in [6, 6.07) is 15.6. The summed E-state index contributed by atoms with van der Waals surface area (Å²) < 4.78 is 8.12. The van der Waals surface area contributed by atoms with Gasteiger partial charge < -0.3 is 24.8 Å². The fraction of sp³-hybridized carbons (Fsp3) is 0.367. The van der Waals surface area contributed by atoms with Gasteiger partial charge in [-0.25, -0.2) is 4.98 Å². The molecule has 2 N–H and O–H groups in total. The van der Waals surface area contributed by atoms with Gasteiger partial charge in [0, 0.05) is 44.2 Å². The molecule has 1 saturated heterocycles. The van der Waals surface area contributed by atoms with E-state index in [9.17, 15) is 4.79 Å². The lowest BCUT2D eigenvalue weighted by atomic mass is 9.97. The predicted molar refractivity (Wildman–Crippen MR) is 152 cm³/mol. The number of amides is 1. The molecule has 0 bridgehead atoms. The number of carbonyl (C=O) groups is 1. The number of imidazole rings is 1. The van der Waals surface area contributed by atoms with Crippen molar-refractivity contribution < 1.29 is 9.53 Å². The van der Waals surface area contributed by atoms with Crippen LogP contribution < -0.4 is 15.4 Å². The lowest BCUT2D eigenvalue weighted by molar-refractivity contribution is 0.0944. The van der Waals surface area contributed by atoms with E-state index in [1.807, 2.05) is 29.8 Å². The number of likely N-dealkylation sites (tertiary alicyclic amines) is 1. The first kappa shape index (κ1) is 25.7. The third kappa shape index (κ3) is 5.81. The van der Waals surface area contributed by atoms with E-state index in [0.717, 1.165) is 42.3 Å². The number of hydrogen-bond donors (Lipinski definition) is 2. The van der Waals surface area contributed by atoms with Gasteiger partial charge in [0.05, 0.1) is 11.0 Å². The first-order valence-corrected chi connectivity index (χ1v) is 13.4. The Labute approximate surface area is 224 Å². The SMILES string of the molecule is Cc1ccc(Nc2nc3cc(Oc4ccnc(C(=O)NCCN5CCCC5)c4)ccc3n2C)cc1C(C)C. The van der Waals surface area contributed by atoms with Crippen molar-refractivity contribution in [3.8, 4) is 11.5 Å². The van der Waals surface area contributed by atoms with Crippen molar-refractivity contribution in [1.29, 1.82) is 0 Å². The van der Waals surface area contributed by atoms with Gasteiger partial charge in [-0.1, -0.05) is 19.9 Å². The minimum atomic E-state index is -0.192. The van der Waals surface area contributed by atoms with Crippen LogP contribution in [0.25, 0.3) is 11.0 Å². The Morgan fingerprint density at radius 3 is 2.63 bits per heavy atom. The van der Waals surface area contributed by atoms with Crippen molar-refractivity contribution in [1.82, 2.24) is 24.8 Å². The monoisotopic (exact) mass is 512 g/mol. The van der Waals surface area contributed by atoms with Gasteiger partial charge in [0.1, 0.15) is 17.2 Å². The summed E-state index contributed by atoms with van der Waals surface area (Å²) in [6.45, 7) is 10.3. The van der Waals surface area contributed by atoms with Crippen LogP contribution in [-0.4, -0.2) is 51.5 Å². The predicted octanol–water partition coefficient (Wildman–Crippen LogP) is 5.76. The van der Waals surface area contributed by atoms with E-state index in [1.54, 1.807) is 18.3 Å². The number of rotatable bonds is 9. The summed E-state index contributed by atoms with van der Waals surface area (Å²) in [4.78, 5) is 24.0. The summed E-state index contributed by atoms with van der Waals surface area (Å²) >= 11 is 0. The van der Waals surface area contributed by atoms with E-state index in [4.69, 9.17) is 9.72 Å². The Balaban J connectivity index is 1.27. The highest BCUT2D eigenvalue weighted by atomic mass is 16.5. The Hall–Kier alpha value is -3.91. The molecule has 0 aliphatic carbocycles. The highest BCUT2D eigenvalue weighted by Gasteiger charge is 2.14. The summed E-state index contributed by atoms with van der Waals surface area (Å²) in [5.41, 5.74) is 5.77. The standard InChI is InChI=1S/C30H36N6O2/c1-20(2)25-17-22(8-7-21(25)3)33-30-34-26-18-23(9-10-28(26)35(30)4)38-24-11-12-31-27(19-24)29(37)32-13-16-36-14-5-6-15-36/h7-12,17-20H,5-6,13-16H2,1-4H3,(H,32,37)(H,33,34). The van der Waals surface area contributed by atoms with E-state index in [1.165, 1.54) is 24.0 Å². The third-order valence-corrected chi connectivity index (χ3v) is 7.12. The van der Waals surface area contributed by atoms with Crippen LogP contribution in [0.5, 0.6) is 11.5 Å². The Kier molecular flexibility index (Phi) is 7.60. The number of fused-ring (bicyclic) bond motifs is 1. The number of carbonyl (C=O) groups excluding carboxylic acids is 1. The number of hydrogen-bond acceptors (Lipinski definition) is 6. The Bertz CT molecular complexity index is 1440. The molecular formula is C30H36N6O2.